The van der Waals surface area contributed by atoms with Crippen LogP contribution in [0.25, 0.3) is 0 Å². The van der Waals surface area contributed by atoms with E-state index in [4.69, 9.17) is 5.11 Å². The molecule has 1 aromatic rings. The summed E-state index contributed by atoms with van der Waals surface area (Å²) in [4.78, 5) is 12.6. The molecule has 4 heteroatoms. The van der Waals surface area contributed by atoms with Gasteiger partial charge in [0.1, 0.15) is 5.82 Å². The lowest BCUT2D eigenvalue weighted by Crippen LogP contribution is -2.31. The number of carbonyl (C=O) groups is 1. The summed E-state index contributed by atoms with van der Waals surface area (Å²) in [6.45, 7) is 1.10. The van der Waals surface area contributed by atoms with Crippen LogP contribution in [-0.2, 0) is 11.3 Å². The van der Waals surface area contributed by atoms with Gasteiger partial charge in [-0.25, -0.2) is 4.39 Å². The number of carboxylic acids is 1. The molecule has 1 aliphatic carbocycles. The molecular weight excluding hydrogens is 221 g/mol. The van der Waals surface area contributed by atoms with Gasteiger partial charge in [-0.2, -0.15) is 0 Å². The van der Waals surface area contributed by atoms with Gasteiger partial charge in [0.25, 0.3) is 0 Å². The smallest absolute Gasteiger partial charge is 0.317 e. The summed E-state index contributed by atoms with van der Waals surface area (Å²) in [5.74, 6) is -0.526. The lowest BCUT2D eigenvalue weighted by Gasteiger charge is -2.20. The predicted molar refractivity (Wildman–Crippen MR) is 62.0 cm³/mol. The summed E-state index contributed by atoms with van der Waals surface area (Å²) in [6, 6.07) is 6.53. The van der Waals surface area contributed by atoms with Crippen molar-refractivity contribution in [3.05, 3.63) is 35.6 Å². The SMILES string of the molecule is O=C(O)CN(Cc1ccccc1F)CC1CC1. The second-order valence-corrected chi connectivity index (χ2v) is 4.60. The first-order valence-corrected chi connectivity index (χ1v) is 5.82. The van der Waals surface area contributed by atoms with Gasteiger partial charge in [-0.15, -0.1) is 0 Å². The van der Waals surface area contributed by atoms with Crippen molar-refractivity contribution in [3.63, 3.8) is 0 Å². The summed E-state index contributed by atoms with van der Waals surface area (Å²) >= 11 is 0. The molecule has 0 spiro atoms. The van der Waals surface area contributed by atoms with Crippen LogP contribution in [0.15, 0.2) is 24.3 Å². The minimum Gasteiger partial charge on any atom is -0.480 e. The highest BCUT2D eigenvalue weighted by molar-refractivity contribution is 5.69. The van der Waals surface area contributed by atoms with Crippen molar-refractivity contribution >= 4 is 5.97 Å². The second-order valence-electron chi connectivity index (χ2n) is 4.60. The Morgan fingerprint density at radius 1 is 1.41 bits per heavy atom. The molecule has 2 rings (SSSR count). The van der Waals surface area contributed by atoms with Gasteiger partial charge in [0.05, 0.1) is 6.54 Å². The first-order valence-electron chi connectivity index (χ1n) is 5.82. The van der Waals surface area contributed by atoms with Gasteiger partial charge in [0, 0.05) is 18.7 Å². The Morgan fingerprint density at radius 2 is 2.12 bits per heavy atom. The average molecular weight is 237 g/mol. The quantitative estimate of drug-likeness (QED) is 0.824. The number of carboxylic acid groups (broad SMARTS) is 1. The first kappa shape index (κ1) is 12.0. The number of nitrogens with zero attached hydrogens (tertiary/aromatic N) is 1. The van der Waals surface area contributed by atoms with Crippen LogP contribution in [0.3, 0.4) is 0 Å². The number of hydrogen-bond donors (Lipinski definition) is 1. The molecule has 0 radical (unpaired) electrons. The number of benzene rings is 1. The van der Waals surface area contributed by atoms with Crippen molar-refractivity contribution in [1.29, 1.82) is 0 Å². The Kier molecular flexibility index (Phi) is 3.74. The highest BCUT2D eigenvalue weighted by Gasteiger charge is 2.25. The van der Waals surface area contributed by atoms with Crippen LogP contribution in [-0.4, -0.2) is 29.1 Å². The number of hydrogen-bond acceptors (Lipinski definition) is 2. The largest absolute Gasteiger partial charge is 0.480 e. The van der Waals surface area contributed by atoms with E-state index < -0.39 is 5.97 Å². The minimum atomic E-state index is -0.859. The van der Waals surface area contributed by atoms with Crippen LogP contribution in [0.1, 0.15) is 18.4 Å². The maximum absolute atomic E-state index is 13.5. The fraction of sp³-hybridized carbons (Fsp3) is 0.462. The molecule has 0 amide bonds. The molecular formula is C13H16FNO2. The van der Waals surface area contributed by atoms with Gasteiger partial charge >= 0.3 is 5.97 Å². The Morgan fingerprint density at radius 3 is 2.71 bits per heavy atom. The molecule has 1 fully saturated rings. The van der Waals surface area contributed by atoms with Crippen molar-refractivity contribution in [1.82, 2.24) is 4.90 Å². The fourth-order valence-electron chi connectivity index (χ4n) is 1.91. The summed E-state index contributed by atoms with van der Waals surface area (Å²) in [7, 11) is 0. The molecule has 0 aliphatic heterocycles. The molecule has 1 aromatic carbocycles. The van der Waals surface area contributed by atoms with Crippen LogP contribution in [0.4, 0.5) is 4.39 Å². The number of aliphatic carboxylic acids is 1. The van der Waals surface area contributed by atoms with E-state index >= 15 is 0 Å². The molecule has 0 aromatic heterocycles. The van der Waals surface area contributed by atoms with Gasteiger partial charge in [0.15, 0.2) is 0 Å². The van der Waals surface area contributed by atoms with Crippen molar-refractivity contribution < 1.29 is 14.3 Å². The maximum Gasteiger partial charge on any atom is 0.317 e. The average Bonchev–Trinajstić information content (AvgIpc) is 3.04. The third kappa shape index (κ3) is 3.82. The number of rotatable bonds is 6. The molecule has 1 aliphatic rings. The summed E-state index contributed by atoms with van der Waals surface area (Å²) in [6.07, 6.45) is 2.32. The van der Waals surface area contributed by atoms with Gasteiger partial charge in [0.2, 0.25) is 0 Å². The van der Waals surface area contributed by atoms with E-state index in [1.165, 1.54) is 6.07 Å². The molecule has 0 bridgehead atoms. The lowest BCUT2D eigenvalue weighted by molar-refractivity contribution is -0.138. The molecule has 0 atom stereocenters. The van der Waals surface area contributed by atoms with E-state index in [2.05, 4.69) is 0 Å². The summed E-state index contributed by atoms with van der Waals surface area (Å²) in [5.41, 5.74) is 0.564. The van der Waals surface area contributed by atoms with Crippen molar-refractivity contribution in [2.24, 2.45) is 5.92 Å². The molecule has 0 saturated heterocycles. The normalized spacial score (nSPS) is 15.2. The number of halogens is 1. The van der Waals surface area contributed by atoms with Gasteiger partial charge in [-0.1, -0.05) is 18.2 Å². The van der Waals surface area contributed by atoms with Crippen molar-refractivity contribution in [3.8, 4) is 0 Å². The molecule has 1 N–H and O–H groups in total. The Balaban J connectivity index is 2.00. The fourth-order valence-corrected chi connectivity index (χ4v) is 1.91. The predicted octanol–water partition coefficient (Wildman–Crippen LogP) is 2.12. The van der Waals surface area contributed by atoms with E-state index in [1.54, 1.807) is 23.1 Å². The van der Waals surface area contributed by atoms with Crippen LogP contribution in [0.5, 0.6) is 0 Å². The highest BCUT2D eigenvalue weighted by atomic mass is 19.1. The van der Waals surface area contributed by atoms with Crippen molar-refractivity contribution in [2.45, 2.75) is 19.4 Å². The van der Waals surface area contributed by atoms with E-state index in [9.17, 15) is 9.18 Å². The Hall–Kier alpha value is -1.42. The second kappa shape index (κ2) is 5.27. The van der Waals surface area contributed by atoms with E-state index in [0.717, 1.165) is 19.4 Å². The summed E-state index contributed by atoms with van der Waals surface area (Å²) in [5, 5.41) is 8.83. The topological polar surface area (TPSA) is 40.5 Å². The molecule has 3 nitrogen and oxygen atoms in total. The molecule has 0 heterocycles. The minimum absolute atomic E-state index is 0.0230. The third-order valence-corrected chi connectivity index (χ3v) is 2.92. The van der Waals surface area contributed by atoms with E-state index in [1.807, 2.05) is 0 Å². The van der Waals surface area contributed by atoms with Crippen LogP contribution < -0.4 is 0 Å². The van der Waals surface area contributed by atoms with Crippen LogP contribution in [0, 0.1) is 11.7 Å². The van der Waals surface area contributed by atoms with Gasteiger partial charge in [-0.3, -0.25) is 9.69 Å². The molecule has 17 heavy (non-hydrogen) atoms. The zero-order valence-electron chi connectivity index (χ0n) is 9.60. The zero-order chi connectivity index (χ0) is 12.3. The van der Waals surface area contributed by atoms with Crippen LogP contribution in [0.2, 0.25) is 0 Å². The lowest BCUT2D eigenvalue weighted by atomic mass is 10.2. The third-order valence-electron chi connectivity index (χ3n) is 2.92. The van der Waals surface area contributed by atoms with Crippen LogP contribution >= 0.6 is 0 Å². The van der Waals surface area contributed by atoms with Crippen molar-refractivity contribution in [2.75, 3.05) is 13.1 Å². The first-order chi connectivity index (χ1) is 8.15. The summed E-state index contributed by atoms with van der Waals surface area (Å²) < 4.78 is 13.5. The standard InChI is InChI=1S/C13H16FNO2/c14-12-4-2-1-3-11(12)8-15(9-13(16)17)7-10-5-6-10/h1-4,10H,5-9H2,(H,16,17). The zero-order valence-corrected chi connectivity index (χ0v) is 9.60. The van der Waals surface area contributed by atoms with Gasteiger partial charge < -0.3 is 5.11 Å². The highest BCUT2D eigenvalue weighted by Crippen LogP contribution is 2.30. The Labute approximate surface area is 99.9 Å². The van der Waals surface area contributed by atoms with E-state index in [-0.39, 0.29) is 12.4 Å². The maximum atomic E-state index is 13.5. The molecule has 0 unspecified atom stereocenters. The van der Waals surface area contributed by atoms with Gasteiger partial charge in [-0.05, 0) is 24.8 Å². The molecule has 1 saturated carbocycles. The monoisotopic (exact) mass is 237 g/mol. The van der Waals surface area contributed by atoms with E-state index in [0.29, 0.717) is 18.0 Å². The molecule has 92 valence electrons. The Bertz CT molecular complexity index is 404.